The number of aliphatic carboxylic acids is 1. The number of carboxylic acids is 1. The molecule has 0 saturated heterocycles. The molecule has 1 heterocycles. The highest BCUT2D eigenvalue weighted by atomic mass is 16.4. The number of carboxylic acid groups (broad SMARTS) is 1. The lowest BCUT2D eigenvalue weighted by molar-refractivity contribution is -0.697. The second-order valence-electron chi connectivity index (χ2n) is 4.52. The maximum atomic E-state index is 11.5. The summed E-state index contributed by atoms with van der Waals surface area (Å²) in [6.45, 7) is 0.204. The van der Waals surface area contributed by atoms with Crippen molar-refractivity contribution < 1.29 is 24.1 Å². The molecule has 1 aromatic rings. The van der Waals surface area contributed by atoms with Crippen LogP contribution in [-0.4, -0.2) is 36.0 Å². The minimum atomic E-state index is -1.12. The summed E-state index contributed by atoms with van der Waals surface area (Å²) in [5, 5.41) is 13.0. The summed E-state index contributed by atoms with van der Waals surface area (Å²) in [7, 11) is 0. The molecule has 0 bridgehead atoms. The number of unbranched alkanes of at least 4 members (excludes halogenated alkanes) is 1. The van der Waals surface area contributed by atoms with Crippen LogP contribution in [0.1, 0.15) is 19.3 Å². The van der Waals surface area contributed by atoms with Crippen LogP contribution in [0.3, 0.4) is 0 Å². The third-order valence-electron chi connectivity index (χ3n) is 2.73. The topological polar surface area (TPSA) is 99.4 Å². The fraction of sp³-hybridized carbons (Fsp3) is 0.429. The quantitative estimate of drug-likeness (QED) is 0.421. The molecule has 2 amide bonds. The van der Waals surface area contributed by atoms with Gasteiger partial charge in [-0.2, -0.15) is 0 Å². The number of rotatable bonds is 9. The van der Waals surface area contributed by atoms with Crippen LogP contribution in [-0.2, 0) is 20.9 Å². The summed E-state index contributed by atoms with van der Waals surface area (Å²) in [5.74, 6) is -1.84. The van der Waals surface area contributed by atoms with Crippen LogP contribution in [0.2, 0.25) is 0 Å². The van der Waals surface area contributed by atoms with E-state index in [-0.39, 0.29) is 12.5 Å². The Morgan fingerprint density at radius 1 is 0.905 bits per heavy atom. The van der Waals surface area contributed by atoms with Crippen LogP contribution >= 0.6 is 0 Å². The molecule has 0 aliphatic carbocycles. The summed E-state index contributed by atoms with van der Waals surface area (Å²) in [6.07, 6.45) is 5.87. The molecule has 0 saturated carbocycles. The summed E-state index contributed by atoms with van der Waals surface area (Å²) in [5.41, 5.74) is 0. The van der Waals surface area contributed by atoms with Crippen LogP contribution in [0.25, 0.3) is 0 Å². The molecule has 7 nitrogen and oxygen atoms in total. The van der Waals surface area contributed by atoms with Crippen molar-refractivity contribution in [2.75, 3.05) is 13.1 Å². The van der Waals surface area contributed by atoms with E-state index in [0.717, 1.165) is 19.4 Å². The van der Waals surface area contributed by atoms with Gasteiger partial charge in [-0.25, -0.2) is 4.57 Å². The average molecular weight is 294 g/mol. The smallest absolute Gasteiger partial charge is 0.322 e. The van der Waals surface area contributed by atoms with Crippen molar-refractivity contribution >= 4 is 17.8 Å². The molecule has 114 valence electrons. The van der Waals surface area contributed by atoms with Gasteiger partial charge in [-0.1, -0.05) is 6.07 Å². The lowest BCUT2D eigenvalue weighted by Crippen LogP contribution is -2.39. The second kappa shape index (κ2) is 9.46. The van der Waals surface area contributed by atoms with Crippen molar-refractivity contribution in [3.05, 3.63) is 30.6 Å². The summed E-state index contributed by atoms with van der Waals surface area (Å²) in [4.78, 5) is 32.9. The van der Waals surface area contributed by atoms with E-state index in [2.05, 4.69) is 10.6 Å². The zero-order chi connectivity index (χ0) is 15.5. The molecule has 7 heteroatoms. The first-order valence-corrected chi connectivity index (χ1v) is 6.77. The van der Waals surface area contributed by atoms with E-state index in [0.29, 0.717) is 6.42 Å². The molecular formula is C14H20N3O4+. The Balaban J connectivity index is 2.06. The highest BCUT2D eigenvalue weighted by molar-refractivity contribution is 5.86. The van der Waals surface area contributed by atoms with E-state index in [4.69, 9.17) is 5.11 Å². The highest BCUT2D eigenvalue weighted by Crippen LogP contribution is 1.95. The molecule has 0 aromatic carbocycles. The molecule has 1 rings (SSSR count). The van der Waals surface area contributed by atoms with Crippen molar-refractivity contribution in [1.82, 2.24) is 10.6 Å². The number of hydrogen-bond acceptors (Lipinski definition) is 3. The van der Waals surface area contributed by atoms with Gasteiger partial charge in [-0.15, -0.1) is 0 Å². The number of amides is 2. The van der Waals surface area contributed by atoms with Crippen LogP contribution in [0.5, 0.6) is 0 Å². The number of pyridine rings is 1. The van der Waals surface area contributed by atoms with Gasteiger partial charge in [0.15, 0.2) is 12.4 Å². The van der Waals surface area contributed by atoms with E-state index >= 15 is 0 Å². The minimum absolute atomic E-state index is 0.195. The maximum absolute atomic E-state index is 11.5. The largest absolute Gasteiger partial charge is 0.480 e. The lowest BCUT2D eigenvalue weighted by atomic mass is 10.2. The monoisotopic (exact) mass is 294 g/mol. The Bertz CT molecular complexity index is 476. The Morgan fingerprint density at radius 3 is 2.24 bits per heavy atom. The van der Waals surface area contributed by atoms with E-state index < -0.39 is 18.4 Å². The van der Waals surface area contributed by atoms with Crippen molar-refractivity contribution in [2.24, 2.45) is 0 Å². The number of carbonyl (C=O) groups excluding carboxylic acids is 2. The van der Waals surface area contributed by atoms with E-state index in [1.54, 1.807) is 0 Å². The fourth-order valence-corrected chi connectivity index (χ4v) is 1.67. The SMILES string of the molecule is O=C(O)CNC(=O)CNC(=O)CCCC[n+]1ccccc1. The maximum Gasteiger partial charge on any atom is 0.322 e. The third kappa shape index (κ3) is 8.35. The Morgan fingerprint density at radius 2 is 1.57 bits per heavy atom. The van der Waals surface area contributed by atoms with Gasteiger partial charge in [0.05, 0.1) is 6.54 Å². The molecule has 0 radical (unpaired) electrons. The van der Waals surface area contributed by atoms with Crippen molar-refractivity contribution in [2.45, 2.75) is 25.8 Å². The molecule has 0 aliphatic heterocycles. The van der Waals surface area contributed by atoms with Gasteiger partial charge in [0.25, 0.3) is 0 Å². The van der Waals surface area contributed by atoms with Gasteiger partial charge in [0, 0.05) is 25.0 Å². The Hall–Kier alpha value is -2.44. The predicted molar refractivity (Wildman–Crippen MR) is 74.1 cm³/mol. The Labute approximate surface area is 123 Å². The first-order valence-electron chi connectivity index (χ1n) is 6.77. The molecule has 3 N–H and O–H groups in total. The van der Waals surface area contributed by atoms with Gasteiger partial charge in [0.1, 0.15) is 13.1 Å². The average Bonchev–Trinajstić information content (AvgIpc) is 2.48. The molecule has 21 heavy (non-hydrogen) atoms. The molecule has 0 unspecified atom stereocenters. The molecule has 1 aromatic heterocycles. The standard InChI is InChI=1S/C14H19N3O4/c18-12(15-10-13(19)16-11-14(20)21)6-2-5-9-17-7-3-1-4-8-17/h1,3-4,7-8H,2,5-6,9-11H2,(H2-,15,16,18,19,20,21)/p+1. The summed E-state index contributed by atoms with van der Waals surface area (Å²) >= 11 is 0. The highest BCUT2D eigenvalue weighted by Gasteiger charge is 2.07. The molecule has 0 aliphatic rings. The summed E-state index contributed by atoms with van der Waals surface area (Å²) < 4.78 is 2.04. The molecule has 0 atom stereocenters. The zero-order valence-corrected chi connectivity index (χ0v) is 11.7. The number of nitrogens with one attached hydrogen (secondary N) is 2. The number of nitrogens with zero attached hydrogens (tertiary/aromatic N) is 1. The summed E-state index contributed by atoms with van der Waals surface area (Å²) in [6, 6.07) is 5.84. The van der Waals surface area contributed by atoms with Crippen LogP contribution < -0.4 is 15.2 Å². The predicted octanol–water partition coefficient (Wildman–Crippen LogP) is -0.539. The molecule has 0 fully saturated rings. The van der Waals surface area contributed by atoms with E-state index in [9.17, 15) is 14.4 Å². The number of carbonyl (C=O) groups is 3. The minimum Gasteiger partial charge on any atom is -0.480 e. The lowest BCUT2D eigenvalue weighted by Gasteiger charge is -2.05. The normalized spacial score (nSPS) is 9.90. The first kappa shape index (κ1) is 16.6. The second-order valence-corrected chi connectivity index (χ2v) is 4.52. The van der Waals surface area contributed by atoms with Crippen molar-refractivity contribution in [1.29, 1.82) is 0 Å². The van der Waals surface area contributed by atoms with E-state index in [1.165, 1.54) is 0 Å². The first-order chi connectivity index (χ1) is 10.1. The zero-order valence-electron chi connectivity index (χ0n) is 11.7. The fourth-order valence-electron chi connectivity index (χ4n) is 1.67. The molecular weight excluding hydrogens is 274 g/mol. The number of aromatic nitrogens is 1. The van der Waals surface area contributed by atoms with Crippen LogP contribution in [0.15, 0.2) is 30.6 Å². The molecule has 0 spiro atoms. The van der Waals surface area contributed by atoms with Gasteiger partial charge in [-0.05, 0) is 6.42 Å². The van der Waals surface area contributed by atoms with E-state index in [1.807, 2.05) is 35.2 Å². The number of hydrogen-bond donors (Lipinski definition) is 3. The van der Waals surface area contributed by atoms with Gasteiger partial charge in [0.2, 0.25) is 11.8 Å². The Kier molecular flexibility index (Phi) is 7.49. The van der Waals surface area contributed by atoms with Crippen molar-refractivity contribution in [3.63, 3.8) is 0 Å². The third-order valence-corrected chi connectivity index (χ3v) is 2.73. The van der Waals surface area contributed by atoms with Gasteiger partial charge in [-0.3, -0.25) is 14.4 Å². The van der Waals surface area contributed by atoms with Crippen molar-refractivity contribution in [3.8, 4) is 0 Å². The van der Waals surface area contributed by atoms with Gasteiger partial charge < -0.3 is 15.7 Å². The van der Waals surface area contributed by atoms with Crippen LogP contribution in [0, 0.1) is 0 Å². The number of aryl methyl sites for hydroxylation is 1. The van der Waals surface area contributed by atoms with Crippen LogP contribution in [0.4, 0.5) is 0 Å². The van der Waals surface area contributed by atoms with Gasteiger partial charge >= 0.3 is 5.97 Å².